The molecule has 0 amide bonds. The molecule has 0 bridgehead atoms. The van der Waals surface area contributed by atoms with Crippen molar-refractivity contribution in [3.05, 3.63) is 77.9 Å². The summed E-state index contributed by atoms with van der Waals surface area (Å²) in [5.74, 6) is -1.94. The molecular weight excluding hydrogens is 449 g/mol. The van der Waals surface area contributed by atoms with Crippen LogP contribution in [0.2, 0.25) is 0 Å². The lowest BCUT2D eigenvalue weighted by Gasteiger charge is -2.27. The monoisotopic (exact) mass is 472 g/mol. The standard InChI is InChI=1S/C25H23F3N2O4/c26-18-10-17(24(31)32)11-20(12-18)30(15-16-4-3-9-29-14-16)19-7-8-22(34-25(27)28)23(13-19)33-21-5-1-2-6-21/h3-4,7-14,21,25H,1-2,5-6,15H2,(H,31,32). The van der Waals surface area contributed by atoms with E-state index in [-0.39, 0.29) is 35.4 Å². The normalized spacial score (nSPS) is 13.8. The molecule has 0 atom stereocenters. The zero-order valence-electron chi connectivity index (χ0n) is 18.2. The largest absolute Gasteiger partial charge is 0.486 e. The maximum atomic E-state index is 14.3. The van der Waals surface area contributed by atoms with Gasteiger partial charge in [0.1, 0.15) is 5.82 Å². The van der Waals surface area contributed by atoms with Gasteiger partial charge in [-0.05, 0) is 67.6 Å². The first-order chi connectivity index (χ1) is 16.4. The van der Waals surface area contributed by atoms with E-state index in [9.17, 15) is 23.1 Å². The van der Waals surface area contributed by atoms with Gasteiger partial charge in [-0.15, -0.1) is 0 Å². The summed E-state index contributed by atoms with van der Waals surface area (Å²) < 4.78 is 51.0. The second-order valence-electron chi connectivity index (χ2n) is 7.98. The Labute approximate surface area is 194 Å². The molecule has 1 saturated carbocycles. The maximum Gasteiger partial charge on any atom is 0.387 e. The van der Waals surface area contributed by atoms with Crippen molar-refractivity contribution in [2.45, 2.75) is 44.9 Å². The Morgan fingerprint density at radius 3 is 2.56 bits per heavy atom. The number of hydrogen-bond acceptors (Lipinski definition) is 5. The molecule has 1 aliphatic carbocycles. The van der Waals surface area contributed by atoms with Crippen LogP contribution >= 0.6 is 0 Å². The average molecular weight is 472 g/mol. The van der Waals surface area contributed by atoms with E-state index in [1.165, 1.54) is 18.2 Å². The van der Waals surface area contributed by atoms with Crippen LogP contribution in [0.1, 0.15) is 41.6 Å². The Bertz CT molecular complexity index is 1140. The quantitative estimate of drug-likeness (QED) is 0.401. The van der Waals surface area contributed by atoms with Gasteiger partial charge in [0.2, 0.25) is 0 Å². The molecule has 0 unspecified atom stereocenters. The van der Waals surface area contributed by atoms with Crippen molar-refractivity contribution in [1.82, 2.24) is 4.98 Å². The Morgan fingerprint density at radius 2 is 1.88 bits per heavy atom. The van der Waals surface area contributed by atoms with Crippen LogP contribution in [0.25, 0.3) is 0 Å². The van der Waals surface area contributed by atoms with E-state index >= 15 is 0 Å². The van der Waals surface area contributed by atoms with Crippen LogP contribution in [0.15, 0.2) is 60.9 Å². The molecule has 1 heterocycles. The van der Waals surface area contributed by atoms with Gasteiger partial charge in [0.05, 0.1) is 11.7 Å². The number of benzene rings is 2. The zero-order valence-corrected chi connectivity index (χ0v) is 18.2. The summed E-state index contributed by atoms with van der Waals surface area (Å²) >= 11 is 0. The van der Waals surface area contributed by atoms with E-state index < -0.39 is 18.4 Å². The number of carboxylic acids is 1. The summed E-state index contributed by atoms with van der Waals surface area (Å²) in [7, 11) is 0. The van der Waals surface area contributed by atoms with Crippen LogP contribution in [-0.4, -0.2) is 28.8 Å². The number of aromatic nitrogens is 1. The number of carboxylic acid groups (broad SMARTS) is 1. The fraction of sp³-hybridized carbons (Fsp3) is 0.280. The summed E-state index contributed by atoms with van der Waals surface area (Å²) in [6.45, 7) is -2.81. The molecule has 3 aromatic rings. The van der Waals surface area contributed by atoms with Gasteiger partial charge < -0.3 is 19.5 Å². The van der Waals surface area contributed by atoms with Crippen LogP contribution in [0, 0.1) is 5.82 Å². The highest BCUT2D eigenvalue weighted by Gasteiger charge is 2.22. The smallest absolute Gasteiger partial charge is 0.387 e. The summed E-state index contributed by atoms with van der Waals surface area (Å²) in [6.07, 6.45) is 6.73. The Hall–Kier alpha value is -3.75. The van der Waals surface area contributed by atoms with Crippen LogP contribution < -0.4 is 14.4 Å². The molecule has 1 fully saturated rings. The van der Waals surface area contributed by atoms with Crippen LogP contribution in [0.4, 0.5) is 24.5 Å². The van der Waals surface area contributed by atoms with Gasteiger partial charge in [-0.3, -0.25) is 4.98 Å². The molecule has 4 rings (SSSR count). The lowest BCUT2D eigenvalue weighted by molar-refractivity contribution is -0.0520. The summed E-state index contributed by atoms with van der Waals surface area (Å²) in [5.41, 5.74) is 1.32. The van der Waals surface area contributed by atoms with Crippen molar-refractivity contribution in [2.24, 2.45) is 0 Å². The van der Waals surface area contributed by atoms with Crippen LogP contribution in [-0.2, 0) is 6.54 Å². The third kappa shape index (κ3) is 5.78. The molecular formula is C25H23F3N2O4. The number of alkyl halides is 2. The predicted octanol–water partition coefficient (Wildman–Crippen LogP) is 6.18. The van der Waals surface area contributed by atoms with Crippen LogP contribution in [0.3, 0.4) is 0 Å². The van der Waals surface area contributed by atoms with Gasteiger partial charge in [-0.1, -0.05) is 6.07 Å². The number of nitrogens with zero attached hydrogens (tertiary/aromatic N) is 2. The zero-order chi connectivity index (χ0) is 24.1. The highest BCUT2D eigenvalue weighted by molar-refractivity contribution is 5.89. The number of aromatic carboxylic acids is 1. The Balaban J connectivity index is 1.78. The first-order valence-corrected chi connectivity index (χ1v) is 10.8. The molecule has 9 heteroatoms. The molecule has 0 spiro atoms. The van der Waals surface area contributed by atoms with E-state index in [2.05, 4.69) is 9.72 Å². The number of anilines is 2. The van der Waals surface area contributed by atoms with E-state index in [0.717, 1.165) is 37.3 Å². The molecule has 1 aliphatic rings. The Morgan fingerprint density at radius 1 is 1.09 bits per heavy atom. The minimum atomic E-state index is -3.02. The SMILES string of the molecule is O=C(O)c1cc(F)cc(N(Cc2cccnc2)c2ccc(OC(F)F)c(OC3CCCC3)c2)c1. The van der Waals surface area contributed by atoms with Gasteiger partial charge in [0, 0.05) is 36.4 Å². The topological polar surface area (TPSA) is 71.9 Å². The van der Waals surface area contributed by atoms with Crippen molar-refractivity contribution in [2.75, 3.05) is 4.90 Å². The molecule has 2 aromatic carbocycles. The van der Waals surface area contributed by atoms with Crippen LogP contribution in [0.5, 0.6) is 11.5 Å². The van der Waals surface area contributed by atoms with Gasteiger partial charge in [-0.2, -0.15) is 8.78 Å². The summed E-state index contributed by atoms with van der Waals surface area (Å²) in [4.78, 5) is 17.3. The van der Waals surface area contributed by atoms with Crippen molar-refractivity contribution in [3.63, 3.8) is 0 Å². The van der Waals surface area contributed by atoms with Crippen molar-refractivity contribution in [3.8, 4) is 11.5 Å². The fourth-order valence-corrected chi connectivity index (χ4v) is 4.00. The lowest BCUT2D eigenvalue weighted by Crippen LogP contribution is -2.18. The van der Waals surface area contributed by atoms with Crippen molar-refractivity contribution >= 4 is 17.3 Å². The highest BCUT2D eigenvalue weighted by Crippen LogP contribution is 2.39. The molecule has 0 aliphatic heterocycles. The minimum absolute atomic E-state index is 0.0996. The molecule has 6 nitrogen and oxygen atoms in total. The molecule has 34 heavy (non-hydrogen) atoms. The highest BCUT2D eigenvalue weighted by atomic mass is 19.3. The number of hydrogen-bond donors (Lipinski definition) is 1. The van der Waals surface area contributed by atoms with E-state index in [4.69, 9.17) is 4.74 Å². The minimum Gasteiger partial charge on any atom is -0.486 e. The average Bonchev–Trinajstić information content (AvgIpc) is 3.32. The van der Waals surface area contributed by atoms with Gasteiger partial charge in [0.25, 0.3) is 0 Å². The van der Waals surface area contributed by atoms with E-state index in [1.807, 2.05) is 6.07 Å². The molecule has 0 saturated heterocycles. The van der Waals surface area contributed by atoms with Crippen molar-refractivity contribution in [1.29, 1.82) is 0 Å². The number of ether oxygens (including phenoxy) is 2. The van der Waals surface area contributed by atoms with Gasteiger partial charge in [0.15, 0.2) is 11.5 Å². The number of carbonyl (C=O) groups is 1. The fourth-order valence-electron chi connectivity index (χ4n) is 4.00. The number of pyridine rings is 1. The third-order valence-electron chi connectivity index (χ3n) is 5.56. The molecule has 178 valence electrons. The first kappa shape index (κ1) is 23.4. The number of halogens is 3. The maximum absolute atomic E-state index is 14.3. The molecule has 1 aromatic heterocycles. The van der Waals surface area contributed by atoms with E-state index in [1.54, 1.807) is 35.5 Å². The second-order valence-corrected chi connectivity index (χ2v) is 7.98. The third-order valence-corrected chi connectivity index (χ3v) is 5.56. The predicted molar refractivity (Wildman–Crippen MR) is 119 cm³/mol. The second kappa shape index (κ2) is 10.5. The van der Waals surface area contributed by atoms with E-state index in [0.29, 0.717) is 5.69 Å². The van der Waals surface area contributed by atoms with Gasteiger partial charge >= 0.3 is 12.6 Å². The molecule has 0 radical (unpaired) electrons. The first-order valence-electron chi connectivity index (χ1n) is 10.8. The lowest BCUT2D eigenvalue weighted by atomic mass is 10.1. The summed E-state index contributed by atoms with van der Waals surface area (Å²) in [6, 6.07) is 11.5. The Kier molecular flexibility index (Phi) is 7.20. The number of rotatable bonds is 9. The summed E-state index contributed by atoms with van der Waals surface area (Å²) in [5, 5.41) is 9.40. The van der Waals surface area contributed by atoms with Gasteiger partial charge in [-0.25, -0.2) is 9.18 Å². The van der Waals surface area contributed by atoms with Crippen molar-refractivity contribution < 1.29 is 32.5 Å². The molecule has 1 N–H and O–H groups in total.